The highest BCUT2D eigenvalue weighted by Crippen LogP contribution is 2.18. The zero-order valence-electron chi connectivity index (χ0n) is 10.3. The third-order valence-corrected chi connectivity index (χ3v) is 3.14. The fourth-order valence-corrected chi connectivity index (χ4v) is 1.89. The van der Waals surface area contributed by atoms with Gasteiger partial charge in [-0.2, -0.15) is 0 Å². The number of carbonyl (C=O) groups is 1. The van der Waals surface area contributed by atoms with Crippen molar-refractivity contribution in [2.45, 2.75) is 45.7 Å². The lowest BCUT2D eigenvalue weighted by Crippen LogP contribution is -2.29. The number of amides is 1. The number of nitrogens with one attached hydrogen (secondary N) is 1. The summed E-state index contributed by atoms with van der Waals surface area (Å²) in [7, 11) is 0. The Morgan fingerprint density at radius 2 is 2.06 bits per heavy atom. The first-order valence-corrected chi connectivity index (χ1v) is 6.15. The number of nitrogens with two attached hydrogens (primary N) is 1. The van der Waals surface area contributed by atoms with E-state index in [2.05, 4.69) is 29.4 Å². The van der Waals surface area contributed by atoms with E-state index >= 15 is 0 Å². The molecule has 0 aliphatic heterocycles. The predicted octanol–water partition coefficient (Wildman–Crippen LogP) is 1.44. The van der Waals surface area contributed by atoms with Gasteiger partial charge in [0.1, 0.15) is 10.0 Å². The first-order chi connectivity index (χ1) is 7.49. The summed E-state index contributed by atoms with van der Waals surface area (Å²) in [6.45, 7) is 6.38. The number of halogens is 1. The lowest BCUT2D eigenvalue weighted by Gasteiger charge is -2.04. The molecule has 17 heavy (non-hydrogen) atoms. The smallest absolute Gasteiger partial charge is 0.221 e. The number of nitrogens with zero attached hydrogens (tertiary/aromatic N) is 2. The summed E-state index contributed by atoms with van der Waals surface area (Å²) in [5, 5.41) is 12.7. The van der Waals surface area contributed by atoms with Crippen molar-refractivity contribution in [2.24, 2.45) is 5.73 Å². The van der Waals surface area contributed by atoms with E-state index in [4.69, 9.17) is 5.73 Å². The van der Waals surface area contributed by atoms with E-state index in [1.807, 2.05) is 0 Å². The number of hydrogen-bond acceptors (Lipinski definition) is 5. The van der Waals surface area contributed by atoms with Crippen molar-refractivity contribution in [3.05, 3.63) is 10.0 Å². The molecule has 5 nitrogen and oxygen atoms in total. The van der Waals surface area contributed by atoms with Gasteiger partial charge in [0.25, 0.3) is 0 Å². The van der Waals surface area contributed by atoms with Gasteiger partial charge < -0.3 is 11.1 Å². The fraction of sp³-hybridized carbons (Fsp3) is 0.700. The van der Waals surface area contributed by atoms with E-state index in [1.54, 1.807) is 6.92 Å². The topological polar surface area (TPSA) is 80.9 Å². The average Bonchev–Trinajstić information content (AvgIpc) is 2.61. The van der Waals surface area contributed by atoms with Crippen LogP contribution in [0.5, 0.6) is 0 Å². The Morgan fingerprint density at radius 1 is 1.41 bits per heavy atom. The van der Waals surface area contributed by atoms with Crippen molar-refractivity contribution in [2.75, 3.05) is 0 Å². The van der Waals surface area contributed by atoms with Crippen LogP contribution in [0, 0.1) is 0 Å². The van der Waals surface area contributed by atoms with Gasteiger partial charge in [-0.25, -0.2) is 0 Å². The second-order valence-electron chi connectivity index (χ2n) is 4.15. The summed E-state index contributed by atoms with van der Waals surface area (Å²) >= 11 is 1.53. The van der Waals surface area contributed by atoms with Crippen LogP contribution in [0.3, 0.4) is 0 Å². The average molecular weight is 279 g/mol. The summed E-state index contributed by atoms with van der Waals surface area (Å²) in [4.78, 5) is 11.3. The van der Waals surface area contributed by atoms with Gasteiger partial charge in [-0.1, -0.05) is 25.2 Å². The quantitative estimate of drug-likeness (QED) is 0.854. The third kappa shape index (κ3) is 5.95. The zero-order valence-corrected chi connectivity index (χ0v) is 11.9. The molecule has 1 rings (SSSR count). The predicted molar refractivity (Wildman–Crippen MR) is 71.4 cm³/mol. The summed E-state index contributed by atoms with van der Waals surface area (Å²) in [6, 6.07) is -0.111. The molecule has 0 saturated carbocycles. The Labute approximate surface area is 112 Å². The van der Waals surface area contributed by atoms with Gasteiger partial charge in [0, 0.05) is 18.4 Å². The molecular weight excluding hydrogens is 260 g/mol. The Balaban J connectivity index is 0.00000256. The summed E-state index contributed by atoms with van der Waals surface area (Å²) in [5.74, 6) is 0.335. The highest BCUT2D eigenvalue weighted by atomic mass is 35.5. The summed E-state index contributed by atoms with van der Waals surface area (Å²) in [6.07, 6.45) is 0.343. The maximum atomic E-state index is 11.3. The molecule has 0 aliphatic carbocycles. The normalized spacial score (nSPS) is 12.1. The molecule has 1 aromatic heterocycles. The molecule has 0 fully saturated rings. The SMILES string of the molecule is CC(N)CC(=O)NCc1nnc(C(C)C)s1.Cl. The second kappa shape index (κ2) is 7.58. The van der Waals surface area contributed by atoms with E-state index < -0.39 is 0 Å². The highest BCUT2D eigenvalue weighted by Gasteiger charge is 2.09. The van der Waals surface area contributed by atoms with Crippen LogP contribution in [0.2, 0.25) is 0 Å². The van der Waals surface area contributed by atoms with Crippen LogP contribution in [0.1, 0.15) is 43.1 Å². The van der Waals surface area contributed by atoms with Gasteiger partial charge >= 0.3 is 0 Å². The van der Waals surface area contributed by atoms with Crippen molar-refractivity contribution >= 4 is 29.7 Å². The number of carbonyl (C=O) groups excluding carboxylic acids is 1. The minimum Gasteiger partial charge on any atom is -0.349 e. The molecule has 98 valence electrons. The van der Waals surface area contributed by atoms with Crippen LogP contribution < -0.4 is 11.1 Å². The molecule has 1 unspecified atom stereocenters. The van der Waals surface area contributed by atoms with E-state index in [1.165, 1.54) is 11.3 Å². The minimum absolute atomic E-state index is 0. The fourth-order valence-electron chi connectivity index (χ4n) is 1.11. The molecule has 0 bridgehead atoms. The van der Waals surface area contributed by atoms with E-state index in [9.17, 15) is 4.79 Å². The molecule has 0 spiro atoms. The number of aromatic nitrogens is 2. The maximum absolute atomic E-state index is 11.3. The van der Waals surface area contributed by atoms with Crippen molar-refractivity contribution in [3.63, 3.8) is 0 Å². The molecule has 0 aliphatic rings. The van der Waals surface area contributed by atoms with Crippen LogP contribution >= 0.6 is 23.7 Å². The molecular formula is C10H19ClN4OS. The molecule has 0 aromatic carbocycles. The molecule has 1 heterocycles. The van der Waals surface area contributed by atoms with E-state index in [0.29, 0.717) is 18.9 Å². The molecule has 0 saturated heterocycles. The first-order valence-electron chi connectivity index (χ1n) is 5.33. The molecule has 1 amide bonds. The molecule has 1 atom stereocenters. The molecule has 1 aromatic rings. The van der Waals surface area contributed by atoms with Crippen molar-refractivity contribution < 1.29 is 4.79 Å². The lowest BCUT2D eigenvalue weighted by atomic mass is 10.2. The second-order valence-corrected chi connectivity index (χ2v) is 5.24. The Hall–Kier alpha value is -0.720. The zero-order chi connectivity index (χ0) is 12.1. The Morgan fingerprint density at radius 3 is 2.53 bits per heavy atom. The van der Waals surface area contributed by atoms with E-state index in [-0.39, 0.29) is 24.4 Å². The van der Waals surface area contributed by atoms with Gasteiger partial charge in [-0.3, -0.25) is 4.79 Å². The lowest BCUT2D eigenvalue weighted by molar-refractivity contribution is -0.121. The Bertz CT molecular complexity index is 354. The molecule has 0 radical (unpaired) electrons. The first kappa shape index (κ1) is 16.3. The van der Waals surface area contributed by atoms with Crippen LogP contribution in [-0.2, 0) is 11.3 Å². The van der Waals surface area contributed by atoms with Crippen molar-refractivity contribution in [1.82, 2.24) is 15.5 Å². The van der Waals surface area contributed by atoms with Gasteiger partial charge in [0.2, 0.25) is 5.91 Å². The largest absolute Gasteiger partial charge is 0.349 e. The molecule has 3 N–H and O–H groups in total. The highest BCUT2D eigenvalue weighted by molar-refractivity contribution is 7.11. The molecule has 7 heteroatoms. The summed E-state index contributed by atoms with van der Waals surface area (Å²) in [5.41, 5.74) is 5.52. The minimum atomic E-state index is -0.111. The third-order valence-electron chi connectivity index (χ3n) is 1.92. The van der Waals surface area contributed by atoms with Crippen LogP contribution in [0.4, 0.5) is 0 Å². The standard InChI is InChI=1S/C10H18N4OS.ClH/c1-6(2)10-14-13-9(16-10)5-12-8(15)4-7(3)11;/h6-7H,4-5,11H2,1-3H3,(H,12,15);1H. The summed E-state index contributed by atoms with van der Waals surface area (Å²) < 4.78 is 0. The van der Waals surface area contributed by atoms with Crippen LogP contribution in [0.25, 0.3) is 0 Å². The van der Waals surface area contributed by atoms with Crippen molar-refractivity contribution in [1.29, 1.82) is 0 Å². The van der Waals surface area contributed by atoms with Crippen molar-refractivity contribution in [3.8, 4) is 0 Å². The van der Waals surface area contributed by atoms with Gasteiger partial charge in [-0.15, -0.1) is 22.6 Å². The van der Waals surface area contributed by atoms with Crippen LogP contribution in [0.15, 0.2) is 0 Å². The van der Waals surface area contributed by atoms with Gasteiger partial charge in [0.05, 0.1) is 6.54 Å². The van der Waals surface area contributed by atoms with Gasteiger partial charge in [-0.05, 0) is 6.92 Å². The maximum Gasteiger partial charge on any atom is 0.221 e. The number of rotatable bonds is 5. The van der Waals surface area contributed by atoms with Crippen LogP contribution in [-0.4, -0.2) is 22.1 Å². The number of hydrogen-bond donors (Lipinski definition) is 2. The van der Waals surface area contributed by atoms with Gasteiger partial charge in [0.15, 0.2) is 0 Å². The monoisotopic (exact) mass is 278 g/mol. The Kier molecular flexibility index (Phi) is 7.26. The van der Waals surface area contributed by atoms with E-state index in [0.717, 1.165) is 10.0 Å².